The molecule has 0 N–H and O–H groups in total. The van der Waals surface area contributed by atoms with Crippen molar-refractivity contribution in [2.24, 2.45) is 0 Å². The van der Waals surface area contributed by atoms with Crippen LogP contribution in [0.15, 0.2) is 35.9 Å². The molecule has 3 nitrogen and oxygen atoms in total. The summed E-state index contributed by atoms with van der Waals surface area (Å²) in [5, 5.41) is 0. The summed E-state index contributed by atoms with van der Waals surface area (Å²) in [7, 11) is 1.62. The van der Waals surface area contributed by atoms with Crippen LogP contribution in [0, 0.1) is 0 Å². The van der Waals surface area contributed by atoms with Crippen molar-refractivity contribution in [1.82, 2.24) is 0 Å². The molecule has 0 aromatic heterocycles. The first-order valence-electron chi connectivity index (χ1n) is 5.21. The zero-order chi connectivity index (χ0) is 11.5. The third-order valence-corrected chi connectivity index (χ3v) is 2.62. The molecule has 1 heterocycles. The highest BCUT2D eigenvalue weighted by molar-refractivity contribution is 5.84. The van der Waals surface area contributed by atoms with Gasteiger partial charge in [-0.3, -0.25) is 0 Å². The van der Waals surface area contributed by atoms with Crippen molar-refractivity contribution in [1.29, 1.82) is 0 Å². The van der Waals surface area contributed by atoms with E-state index in [-0.39, 0.29) is 12.1 Å². The van der Waals surface area contributed by atoms with Crippen molar-refractivity contribution in [2.45, 2.75) is 19.4 Å². The van der Waals surface area contributed by atoms with Crippen LogP contribution in [0.1, 0.15) is 25.0 Å². The number of rotatable bonds is 2. The van der Waals surface area contributed by atoms with Gasteiger partial charge in [0.25, 0.3) is 0 Å². The van der Waals surface area contributed by atoms with Crippen molar-refractivity contribution in [2.75, 3.05) is 7.11 Å². The van der Waals surface area contributed by atoms with Crippen LogP contribution < -0.4 is 4.74 Å². The third kappa shape index (κ3) is 2.08. The highest BCUT2D eigenvalue weighted by Crippen LogP contribution is 2.34. The maximum Gasteiger partial charge on any atom is 0.331 e. The Hall–Kier alpha value is -1.77. The first-order valence-corrected chi connectivity index (χ1v) is 5.21. The molecule has 16 heavy (non-hydrogen) atoms. The number of methoxy groups -OCH3 is 1. The Balaban J connectivity index is 2.31. The first-order chi connectivity index (χ1) is 7.70. The minimum Gasteiger partial charge on any atom is -0.496 e. The second-order valence-electron chi connectivity index (χ2n) is 3.86. The molecule has 0 bridgehead atoms. The van der Waals surface area contributed by atoms with E-state index in [0.717, 1.165) is 23.3 Å². The van der Waals surface area contributed by atoms with Gasteiger partial charge in [0.05, 0.1) is 7.11 Å². The van der Waals surface area contributed by atoms with E-state index in [1.54, 1.807) is 7.11 Å². The molecule has 0 saturated carbocycles. The quantitative estimate of drug-likeness (QED) is 0.716. The molecule has 1 aromatic carbocycles. The molecule has 1 atom stereocenters. The van der Waals surface area contributed by atoms with Crippen LogP contribution in [-0.2, 0) is 9.53 Å². The van der Waals surface area contributed by atoms with E-state index >= 15 is 0 Å². The van der Waals surface area contributed by atoms with E-state index in [0.29, 0.717) is 0 Å². The summed E-state index contributed by atoms with van der Waals surface area (Å²) >= 11 is 0. The molecule has 0 saturated heterocycles. The smallest absolute Gasteiger partial charge is 0.331 e. The number of hydrogen-bond donors (Lipinski definition) is 0. The Labute approximate surface area is 94.7 Å². The van der Waals surface area contributed by atoms with E-state index in [1.807, 2.05) is 31.2 Å². The number of ether oxygens (including phenoxy) is 2. The molecule has 1 unspecified atom stereocenters. The fourth-order valence-electron chi connectivity index (χ4n) is 1.87. The standard InChI is InChI=1S/C13H14O3/c1-9-7-12(16-13(14)8-9)10-5-3-4-6-11(10)15-2/h3-6,8,12H,7H2,1-2H3. The van der Waals surface area contributed by atoms with Crippen molar-refractivity contribution >= 4 is 5.97 Å². The third-order valence-electron chi connectivity index (χ3n) is 2.62. The number of hydrogen-bond acceptors (Lipinski definition) is 3. The van der Waals surface area contributed by atoms with Gasteiger partial charge in [0.15, 0.2) is 0 Å². The molecule has 2 rings (SSSR count). The van der Waals surface area contributed by atoms with Gasteiger partial charge in [0, 0.05) is 18.1 Å². The molecule has 1 aromatic rings. The van der Waals surface area contributed by atoms with E-state index in [4.69, 9.17) is 9.47 Å². The molecule has 0 radical (unpaired) electrons. The summed E-state index contributed by atoms with van der Waals surface area (Å²) in [6.45, 7) is 1.93. The second kappa shape index (κ2) is 4.39. The average Bonchev–Trinajstić information content (AvgIpc) is 2.27. The average molecular weight is 218 g/mol. The van der Waals surface area contributed by atoms with Crippen LogP contribution in [0.5, 0.6) is 5.75 Å². The van der Waals surface area contributed by atoms with E-state index < -0.39 is 0 Å². The van der Waals surface area contributed by atoms with Crippen LogP contribution in [0.2, 0.25) is 0 Å². The van der Waals surface area contributed by atoms with Gasteiger partial charge in [0.1, 0.15) is 11.9 Å². The lowest BCUT2D eigenvalue weighted by molar-refractivity contribution is -0.144. The number of cyclic esters (lactones) is 1. The van der Waals surface area contributed by atoms with Crippen molar-refractivity contribution in [3.8, 4) is 5.75 Å². The van der Waals surface area contributed by atoms with Crippen LogP contribution in [0.25, 0.3) is 0 Å². The fourth-order valence-corrected chi connectivity index (χ4v) is 1.87. The van der Waals surface area contributed by atoms with Gasteiger partial charge in [-0.2, -0.15) is 0 Å². The maximum absolute atomic E-state index is 11.3. The second-order valence-corrected chi connectivity index (χ2v) is 3.86. The topological polar surface area (TPSA) is 35.5 Å². The summed E-state index contributed by atoms with van der Waals surface area (Å²) in [4.78, 5) is 11.3. The molecule has 0 aliphatic carbocycles. The van der Waals surface area contributed by atoms with Gasteiger partial charge in [-0.1, -0.05) is 23.8 Å². The van der Waals surface area contributed by atoms with Crippen LogP contribution in [0.4, 0.5) is 0 Å². The Kier molecular flexibility index (Phi) is 2.95. The van der Waals surface area contributed by atoms with Gasteiger partial charge >= 0.3 is 5.97 Å². The van der Waals surface area contributed by atoms with Gasteiger partial charge in [-0.25, -0.2) is 4.79 Å². The number of carbonyl (C=O) groups excluding carboxylic acids is 1. The van der Waals surface area contributed by atoms with Crippen LogP contribution >= 0.6 is 0 Å². The monoisotopic (exact) mass is 218 g/mol. The SMILES string of the molecule is COc1ccccc1C1CC(C)=CC(=O)O1. The van der Waals surface area contributed by atoms with E-state index in [1.165, 1.54) is 6.08 Å². The lowest BCUT2D eigenvalue weighted by atomic mass is 9.99. The van der Waals surface area contributed by atoms with Crippen LogP contribution in [-0.4, -0.2) is 13.1 Å². The Morgan fingerprint density at radius 2 is 2.12 bits per heavy atom. The van der Waals surface area contributed by atoms with Gasteiger partial charge in [-0.05, 0) is 13.0 Å². The lowest BCUT2D eigenvalue weighted by Crippen LogP contribution is -2.15. The molecule has 0 fully saturated rings. The zero-order valence-electron chi connectivity index (χ0n) is 9.40. The summed E-state index contributed by atoms with van der Waals surface area (Å²) < 4.78 is 10.5. The minimum absolute atomic E-state index is 0.228. The van der Waals surface area contributed by atoms with Crippen molar-refractivity contribution in [3.05, 3.63) is 41.5 Å². The molecule has 1 aliphatic heterocycles. The molecular formula is C13H14O3. The summed E-state index contributed by atoms with van der Waals surface area (Å²) in [6.07, 6.45) is 2.03. The highest BCUT2D eigenvalue weighted by Gasteiger charge is 2.23. The Morgan fingerprint density at radius 3 is 2.81 bits per heavy atom. The van der Waals surface area contributed by atoms with Gasteiger partial charge < -0.3 is 9.47 Å². The molecule has 0 amide bonds. The number of carbonyl (C=O) groups is 1. The van der Waals surface area contributed by atoms with Crippen LogP contribution in [0.3, 0.4) is 0 Å². The van der Waals surface area contributed by atoms with E-state index in [9.17, 15) is 4.79 Å². The Bertz CT molecular complexity index is 435. The summed E-state index contributed by atoms with van der Waals surface area (Å²) in [6, 6.07) is 7.61. The maximum atomic E-state index is 11.3. The molecule has 84 valence electrons. The molecule has 3 heteroatoms. The number of benzene rings is 1. The molecule has 1 aliphatic rings. The highest BCUT2D eigenvalue weighted by atomic mass is 16.5. The van der Waals surface area contributed by atoms with Crippen molar-refractivity contribution in [3.63, 3.8) is 0 Å². The zero-order valence-corrected chi connectivity index (χ0v) is 9.40. The van der Waals surface area contributed by atoms with E-state index in [2.05, 4.69) is 0 Å². The first kappa shape index (κ1) is 10.7. The molecule has 0 spiro atoms. The fraction of sp³-hybridized carbons (Fsp3) is 0.308. The Morgan fingerprint density at radius 1 is 1.38 bits per heavy atom. The predicted octanol–water partition coefficient (Wildman–Crippen LogP) is 2.63. The van der Waals surface area contributed by atoms with Crippen molar-refractivity contribution < 1.29 is 14.3 Å². The summed E-state index contributed by atoms with van der Waals surface area (Å²) in [5.41, 5.74) is 1.96. The lowest BCUT2D eigenvalue weighted by Gasteiger charge is -2.23. The normalized spacial score (nSPS) is 20.0. The minimum atomic E-state index is -0.278. The predicted molar refractivity (Wildman–Crippen MR) is 60.2 cm³/mol. The number of esters is 1. The largest absolute Gasteiger partial charge is 0.496 e. The molecular weight excluding hydrogens is 204 g/mol. The van der Waals surface area contributed by atoms with Gasteiger partial charge in [0.2, 0.25) is 0 Å². The number of para-hydroxylation sites is 1. The summed E-state index contributed by atoms with van der Waals surface area (Å²) in [5.74, 6) is 0.481. The van der Waals surface area contributed by atoms with Gasteiger partial charge in [-0.15, -0.1) is 0 Å².